The van der Waals surface area contributed by atoms with Crippen LogP contribution in [0.25, 0.3) is 0 Å². The van der Waals surface area contributed by atoms with Crippen LogP contribution >= 0.6 is 23.2 Å². The molecular formula is C18H25Cl2N3O2. The van der Waals surface area contributed by atoms with Crippen LogP contribution in [0.4, 0.5) is 0 Å². The second-order valence-corrected chi connectivity index (χ2v) is 7.42. The number of nitrogens with one attached hydrogen (secondary N) is 2. The van der Waals surface area contributed by atoms with E-state index < -0.39 is 5.54 Å². The summed E-state index contributed by atoms with van der Waals surface area (Å²) in [6.45, 7) is 6.81. The molecule has 1 saturated heterocycles. The van der Waals surface area contributed by atoms with Gasteiger partial charge in [0.2, 0.25) is 11.8 Å². The lowest BCUT2D eigenvalue weighted by atomic mass is 9.90. The van der Waals surface area contributed by atoms with E-state index in [-0.39, 0.29) is 29.8 Å². The van der Waals surface area contributed by atoms with E-state index in [2.05, 4.69) is 10.6 Å². The van der Waals surface area contributed by atoms with E-state index in [1.807, 2.05) is 32.9 Å². The van der Waals surface area contributed by atoms with Crippen molar-refractivity contribution >= 4 is 35.0 Å². The standard InChI is InChI=1S/C18H25Cl2N3O2/c1-12(2)22-17(25)18(8-9-21-11-18)23(16(24)10-19)13(3)14-4-6-15(20)7-5-14/h4-7,12-13,21H,8-11H2,1-3H3,(H,22,25)/t13-,18?/m0/s1. The van der Waals surface area contributed by atoms with E-state index in [4.69, 9.17) is 23.2 Å². The number of alkyl halides is 1. The van der Waals surface area contributed by atoms with Crippen LogP contribution in [-0.4, -0.2) is 47.3 Å². The number of hydrogen-bond donors (Lipinski definition) is 2. The third-order valence-corrected chi connectivity index (χ3v) is 5.04. The Kier molecular flexibility index (Phi) is 6.72. The highest BCUT2D eigenvalue weighted by Crippen LogP contribution is 2.34. The molecule has 1 unspecified atom stereocenters. The van der Waals surface area contributed by atoms with Gasteiger partial charge in [0.15, 0.2) is 0 Å². The van der Waals surface area contributed by atoms with Crippen LogP contribution in [0.3, 0.4) is 0 Å². The number of hydrogen-bond acceptors (Lipinski definition) is 3. The van der Waals surface area contributed by atoms with Gasteiger partial charge in [-0.3, -0.25) is 9.59 Å². The monoisotopic (exact) mass is 385 g/mol. The average Bonchev–Trinajstić information content (AvgIpc) is 3.05. The summed E-state index contributed by atoms with van der Waals surface area (Å²) in [5.74, 6) is -0.576. The van der Waals surface area contributed by atoms with Crippen LogP contribution in [0.1, 0.15) is 38.8 Å². The van der Waals surface area contributed by atoms with Crippen molar-refractivity contribution < 1.29 is 9.59 Å². The van der Waals surface area contributed by atoms with E-state index in [9.17, 15) is 9.59 Å². The van der Waals surface area contributed by atoms with E-state index in [1.165, 1.54) is 0 Å². The molecular weight excluding hydrogens is 361 g/mol. The average molecular weight is 386 g/mol. The van der Waals surface area contributed by atoms with Crippen LogP contribution in [0.15, 0.2) is 24.3 Å². The number of carbonyl (C=O) groups is 2. The van der Waals surface area contributed by atoms with Gasteiger partial charge in [0.25, 0.3) is 0 Å². The van der Waals surface area contributed by atoms with Gasteiger partial charge in [-0.05, 0) is 51.4 Å². The van der Waals surface area contributed by atoms with E-state index >= 15 is 0 Å². The Morgan fingerprint density at radius 2 is 1.92 bits per heavy atom. The van der Waals surface area contributed by atoms with E-state index in [0.29, 0.717) is 24.5 Å². The Bertz CT molecular complexity index is 613. The van der Waals surface area contributed by atoms with Gasteiger partial charge in [0.05, 0.1) is 6.04 Å². The van der Waals surface area contributed by atoms with Crippen molar-refractivity contribution in [2.24, 2.45) is 0 Å². The van der Waals surface area contributed by atoms with Crippen molar-refractivity contribution in [3.63, 3.8) is 0 Å². The first-order valence-electron chi connectivity index (χ1n) is 8.47. The minimum Gasteiger partial charge on any atom is -0.352 e. The minimum absolute atomic E-state index is 0.0104. The molecule has 0 aromatic heterocycles. The summed E-state index contributed by atoms with van der Waals surface area (Å²) in [6, 6.07) is 7.00. The molecule has 0 bridgehead atoms. The maximum atomic E-state index is 13.0. The van der Waals surface area contributed by atoms with Crippen molar-refractivity contribution in [3.8, 4) is 0 Å². The van der Waals surface area contributed by atoms with Gasteiger partial charge in [0.1, 0.15) is 11.4 Å². The normalized spacial score (nSPS) is 21.2. The Balaban J connectivity index is 2.44. The number of benzene rings is 1. The highest BCUT2D eigenvalue weighted by Gasteiger charge is 2.50. The first-order valence-corrected chi connectivity index (χ1v) is 9.38. The molecule has 138 valence electrons. The first kappa shape index (κ1) is 20.0. The minimum atomic E-state index is -0.949. The van der Waals surface area contributed by atoms with Crippen LogP contribution in [0.5, 0.6) is 0 Å². The number of nitrogens with zero attached hydrogens (tertiary/aromatic N) is 1. The number of amides is 2. The van der Waals surface area contributed by atoms with E-state index in [0.717, 1.165) is 5.56 Å². The Morgan fingerprint density at radius 3 is 2.40 bits per heavy atom. The highest BCUT2D eigenvalue weighted by molar-refractivity contribution is 6.30. The van der Waals surface area contributed by atoms with Gasteiger partial charge < -0.3 is 15.5 Å². The van der Waals surface area contributed by atoms with Crippen LogP contribution in [0, 0.1) is 0 Å². The fourth-order valence-corrected chi connectivity index (χ4v) is 3.62. The van der Waals surface area contributed by atoms with Crippen molar-refractivity contribution in [1.29, 1.82) is 0 Å². The fraction of sp³-hybridized carbons (Fsp3) is 0.556. The van der Waals surface area contributed by atoms with Gasteiger partial charge >= 0.3 is 0 Å². The molecule has 1 aromatic carbocycles. The van der Waals surface area contributed by atoms with Crippen molar-refractivity contribution in [3.05, 3.63) is 34.9 Å². The van der Waals surface area contributed by atoms with Crippen molar-refractivity contribution in [2.45, 2.75) is 44.8 Å². The fourth-order valence-electron chi connectivity index (χ4n) is 3.36. The quantitative estimate of drug-likeness (QED) is 0.740. The summed E-state index contributed by atoms with van der Waals surface area (Å²) in [7, 11) is 0. The summed E-state index contributed by atoms with van der Waals surface area (Å²) in [6.07, 6.45) is 0.548. The van der Waals surface area contributed by atoms with Gasteiger partial charge in [0, 0.05) is 17.6 Å². The molecule has 2 atom stereocenters. The topological polar surface area (TPSA) is 61.4 Å². The zero-order valence-corrected chi connectivity index (χ0v) is 16.3. The van der Waals surface area contributed by atoms with Gasteiger partial charge in [-0.15, -0.1) is 11.6 Å². The molecule has 1 aromatic rings. The van der Waals surface area contributed by atoms with Gasteiger partial charge in [-0.1, -0.05) is 23.7 Å². The molecule has 1 aliphatic rings. The molecule has 2 amide bonds. The summed E-state index contributed by atoms with van der Waals surface area (Å²) in [4.78, 5) is 27.4. The predicted octanol–water partition coefficient (Wildman–Crippen LogP) is 2.73. The Hall–Kier alpha value is -1.30. The second kappa shape index (κ2) is 8.39. The number of rotatable bonds is 6. The molecule has 0 saturated carbocycles. The summed E-state index contributed by atoms with van der Waals surface area (Å²) in [5, 5.41) is 6.81. The molecule has 0 aliphatic carbocycles. The Labute approximate surface area is 159 Å². The summed E-state index contributed by atoms with van der Waals surface area (Å²) >= 11 is 11.9. The lowest BCUT2D eigenvalue weighted by Crippen LogP contribution is -2.63. The lowest BCUT2D eigenvalue weighted by Gasteiger charge is -2.43. The zero-order chi connectivity index (χ0) is 18.6. The molecule has 5 nitrogen and oxygen atoms in total. The summed E-state index contributed by atoms with van der Waals surface area (Å²) in [5.41, 5.74) is -0.0403. The number of carbonyl (C=O) groups excluding carboxylic acids is 2. The zero-order valence-electron chi connectivity index (χ0n) is 14.8. The van der Waals surface area contributed by atoms with Crippen molar-refractivity contribution in [1.82, 2.24) is 15.5 Å². The highest BCUT2D eigenvalue weighted by atomic mass is 35.5. The Morgan fingerprint density at radius 1 is 1.28 bits per heavy atom. The van der Waals surface area contributed by atoms with Gasteiger partial charge in [-0.2, -0.15) is 0 Å². The van der Waals surface area contributed by atoms with Crippen LogP contribution < -0.4 is 10.6 Å². The summed E-state index contributed by atoms with van der Waals surface area (Å²) < 4.78 is 0. The predicted molar refractivity (Wildman–Crippen MR) is 101 cm³/mol. The van der Waals surface area contributed by atoms with Gasteiger partial charge in [-0.25, -0.2) is 0 Å². The number of halogens is 2. The lowest BCUT2D eigenvalue weighted by molar-refractivity contribution is -0.148. The molecule has 1 fully saturated rings. The SMILES string of the molecule is CC(C)NC(=O)C1(N(C(=O)CCl)[C@@H](C)c2ccc(Cl)cc2)CCNC1. The van der Waals surface area contributed by atoms with Crippen LogP contribution in [0.2, 0.25) is 5.02 Å². The maximum absolute atomic E-state index is 13.0. The molecule has 0 spiro atoms. The first-order chi connectivity index (χ1) is 11.8. The van der Waals surface area contributed by atoms with E-state index in [1.54, 1.807) is 17.0 Å². The molecule has 1 heterocycles. The maximum Gasteiger partial charge on any atom is 0.247 e. The largest absolute Gasteiger partial charge is 0.352 e. The molecule has 2 N–H and O–H groups in total. The third kappa shape index (κ3) is 4.27. The molecule has 1 aliphatic heterocycles. The second-order valence-electron chi connectivity index (χ2n) is 6.71. The third-order valence-electron chi connectivity index (χ3n) is 4.56. The molecule has 2 rings (SSSR count). The van der Waals surface area contributed by atoms with Crippen LogP contribution in [-0.2, 0) is 9.59 Å². The smallest absolute Gasteiger partial charge is 0.247 e. The van der Waals surface area contributed by atoms with Crippen molar-refractivity contribution in [2.75, 3.05) is 19.0 Å². The molecule has 25 heavy (non-hydrogen) atoms. The molecule has 7 heteroatoms. The molecule has 0 radical (unpaired) electrons.